The van der Waals surface area contributed by atoms with Gasteiger partial charge in [0.25, 0.3) is 5.91 Å². The molecule has 1 heterocycles. The van der Waals surface area contributed by atoms with Gasteiger partial charge in [-0.05, 0) is 71.1 Å². The number of aliphatic hydroxyl groups is 1. The van der Waals surface area contributed by atoms with E-state index < -0.39 is 24.3 Å². The minimum atomic E-state index is -0.959. The van der Waals surface area contributed by atoms with Gasteiger partial charge in [0, 0.05) is 36.1 Å². The van der Waals surface area contributed by atoms with E-state index in [0.717, 1.165) is 38.3 Å². The molecule has 1 fully saturated rings. The number of esters is 1. The van der Waals surface area contributed by atoms with E-state index in [1.54, 1.807) is 36.0 Å². The topological polar surface area (TPSA) is 131 Å². The van der Waals surface area contributed by atoms with Crippen molar-refractivity contribution < 1.29 is 38.8 Å². The number of carboxylic acids is 1. The summed E-state index contributed by atoms with van der Waals surface area (Å²) in [5, 5.41) is 21.6. The normalized spacial score (nSPS) is 18.2. The monoisotopic (exact) mass is 655 g/mol. The van der Waals surface area contributed by atoms with Crippen LogP contribution in [0.5, 0.6) is 0 Å². The van der Waals surface area contributed by atoms with Crippen LogP contribution in [0.15, 0.2) is 102 Å². The molecule has 0 spiro atoms. The maximum Gasteiger partial charge on any atom is 0.335 e. The van der Waals surface area contributed by atoms with Gasteiger partial charge in [-0.1, -0.05) is 60.7 Å². The Hall–Kier alpha value is -4.48. The molecule has 4 aromatic rings. The molecule has 0 radical (unpaired) electrons. The van der Waals surface area contributed by atoms with Crippen LogP contribution in [0.2, 0.25) is 0 Å². The van der Waals surface area contributed by atoms with Gasteiger partial charge in [-0.15, -0.1) is 11.8 Å². The molecule has 0 aliphatic carbocycles. The lowest BCUT2D eigenvalue weighted by molar-refractivity contribution is -0.245. The Morgan fingerprint density at radius 3 is 2.28 bits per heavy atom. The first kappa shape index (κ1) is 33.9. The summed E-state index contributed by atoms with van der Waals surface area (Å²) in [4.78, 5) is 35.7. The fourth-order valence-corrected chi connectivity index (χ4v) is 6.19. The summed E-state index contributed by atoms with van der Waals surface area (Å²) < 4.78 is 18.0. The highest BCUT2D eigenvalue weighted by atomic mass is 32.2. The van der Waals surface area contributed by atoms with E-state index in [2.05, 4.69) is 5.32 Å². The minimum Gasteiger partial charge on any atom is -0.478 e. The summed E-state index contributed by atoms with van der Waals surface area (Å²) in [6, 6.07) is 30.4. The number of hydrogen-bond donors (Lipinski definition) is 3. The molecule has 4 atom stereocenters. The van der Waals surface area contributed by atoms with Crippen molar-refractivity contribution in [2.75, 3.05) is 5.75 Å². The standard InChI is InChI=1S/C37H37NO8S/c1-23(44-24(2)40)35(41)38-20-26-5-3-6-29(17-26)30-7-4-8-31(18-30)37-45-32(22-47-33-15-13-28(14-16-33)36(42)43)19-34(46-37)27-11-9-25(21-39)10-12-27/h3-18,23,32,34,37,39H,19-22H2,1-2H3,(H,38,41)(H,42,43)/t23-,32-,34+,37+/m0/s1. The Labute approximate surface area is 277 Å². The first-order chi connectivity index (χ1) is 22.7. The Bertz CT molecular complexity index is 1690. The first-order valence-corrected chi connectivity index (χ1v) is 16.3. The fourth-order valence-electron chi connectivity index (χ4n) is 5.27. The van der Waals surface area contributed by atoms with Crippen LogP contribution in [-0.4, -0.2) is 46.0 Å². The van der Waals surface area contributed by atoms with Gasteiger partial charge in [-0.3, -0.25) is 9.59 Å². The number of aliphatic hydroxyl groups excluding tert-OH is 1. The van der Waals surface area contributed by atoms with Gasteiger partial charge >= 0.3 is 11.9 Å². The SMILES string of the molecule is CC(=O)O[C@@H](C)C(=O)NCc1cccc(-c2cccc([C@@H]3O[C@H](CSc4ccc(C(=O)O)cc4)C[C@H](c4ccc(CO)cc4)O3)c2)c1. The van der Waals surface area contributed by atoms with Crippen LogP contribution in [-0.2, 0) is 37.0 Å². The maximum absolute atomic E-state index is 12.3. The van der Waals surface area contributed by atoms with Crippen LogP contribution in [0, 0.1) is 0 Å². The number of carbonyl (C=O) groups is 3. The number of amides is 1. The zero-order valence-electron chi connectivity index (χ0n) is 26.1. The lowest BCUT2D eigenvalue weighted by Gasteiger charge is -2.36. The summed E-state index contributed by atoms with van der Waals surface area (Å²) >= 11 is 1.60. The molecule has 10 heteroatoms. The smallest absolute Gasteiger partial charge is 0.335 e. The quantitative estimate of drug-likeness (QED) is 0.116. The number of ether oxygens (including phenoxy) is 3. The number of aromatic carboxylic acids is 1. The predicted molar refractivity (Wildman–Crippen MR) is 177 cm³/mol. The van der Waals surface area contributed by atoms with Crippen LogP contribution in [0.4, 0.5) is 0 Å². The van der Waals surface area contributed by atoms with E-state index in [4.69, 9.17) is 14.2 Å². The largest absolute Gasteiger partial charge is 0.478 e. The molecule has 1 saturated heterocycles. The number of hydrogen-bond acceptors (Lipinski definition) is 8. The van der Waals surface area contributed by atoms with E-state index >= 15 is 0 Å². The van der Waals surface area contributed by atoms with Crippen molar-refractivity contribution in [3.8, 4) is 11.1 Å². The van der Waals surface area contributed by atoms with Crippen molar-refractivity contribution in [2.24, 2.45) is 0 Å². The van der Waals surface area contributed by atoms with Crippen molar-refractivity contribution in [1.29, 1.82) is 0 Å². The molecule has 1 aliphatic rings. The number of nitrogens with one attached hydrogen (secondary N) is 1. The Morgan fingerprint density at radius 1 is 0.894 bits per heavy atom. The molecule has 1 aliphatic heterocycles. The van der Waals surface area contributed by atoms with Crippen molar-refractivity contribution in [2.45, 2.75) is 62.9 Å². The Morgan fingerprint density at radius 2 is 1.60 bits per heavy atom. The third-order valence-corrected chi connectivity index (χ3v) is 8.89. The Balaban J connectivity index is 1.33. The van der Waals surface area contributed by atoms with Gasteiger partial charge in [-0.2, -0.15) is 0 Å². The summed E-state index contributed by atoms with van der Waals surface area (Å²) in [7, 11) is 0. The molecule has 47 heavy (non-hydrogen) atoms. The second kappa shape index (κ2) is 15.9. The number of rotatable bonds is 12. The van der Waals surface area contributed by atoms with Crippen molar-refractivity contribution in [1.82, 2.24) is 5.32 Å². The second-order valence-corrected chi connectivity index (χ2v) is 12.4. The predicted octanol–water partition coefficient (Wildman–Crippen LogP) is 6.45. The van der Waals surface area contributed by atoms with Gasteiger partial charge in [0.1, 0.15) is 0 Å². The molecular weight excluding hydrogens is 618 g/mol. The van der Waals surface area contributed by atoms with Crippen LogP contribution >= 0.6 is 11.8 Å². The zero-order valence-corrected chi connectivity index (χ0v) is 26.9. The molecule has 0 unspecified atom stereocenters. The third kappa shape index (κ3) is 9.30. The summed E-state index contributed by atoms with van der Waals surface area (Å²) in [6.45, 7) is 3.04. The summed E-state index contributed by atoms with van der Waals surface area (Å²) in [5.41, 5.74) is 5.71. The fraction of sp³-hybridized carbons (Fsp3) is 0.270. The van der Waals surface area contributed by atoms with E-state index in [0.29, 0.717) is 12.2 Å². The zero-order chi connectivity index (χ0) is 33.3. The molecule has 3 N–H and O–H groups in total. The van der Waals surface area contributed by atoms with Crippen LogP contribution in [0.25, 0.3) is 11.1 Å². The summed E-state index contributed by atoms with van der Waals surface area (Å²) in [6.07, 6.45) is -1.30. The molecule has 5 rings (SSSR count). The number of thioether (sulfide) groups is 1. The van der Waals surface area contributed by atoms with Crippen LogP contribution in [0.3, 0.4) is 0 Å². The number of benzene rings is 4. The molecule has 244 valence electrons. The van der Waals surface area contributed by atoms with Gasteiger partial charge < -0.3 is 29.7 Å². The van der Waals surface area contributed by atoms with Crippen LogP contribution < -0.4 is 5.32 Å². The number of carbonyl (C=O) groups excluding carboxylic acids is 2. The minimum absolute atomic E-state index is 0.0365. The maximum atomic E-state index is 12.3. The lowest BCUT2D eigenvalue weighted by atomic mass is 9.99. The molecule has 1 amide bonds. The highest BCUT2D eigenvalue weighted by Gasteiger charge is 2.32. The van der Waals surface area contributed by atoms with Crippen molar-refractivity contribution in [3.63, 3.8) is 0 Å². The number of carboxylic acid groups (broad SMARTS) is 1. The highest BCUT2D eigenvalue weighted by Crippen LogP contribution is 2.40. The van der Waals surface area contributed by atoms with E-state index in [1.807, 2.05) is 72.8 Å². The molecule has 4 aromatic carbocycles. The van der Waals surface area contributed by atoms with E-state index in [-0.39, 0.29) is 36.8 Å². The molecule has 0 saturated carbocycles. The highest BCUT2D eigenvalue weighted by molar-refractivity contribution is 7.99. The van der Waals surface area contributed by atoms with Crippen molar-refractivity contribution >= 4 is 29.6 Å². The van der Waals surface area contributed by atoms with Gasteiger partial charge in [0.15, 0.2) is 12.4 Å². The van der Waals surface area contributed by atoms with Crippen molar-refractivity contribution in [3.05, 3.63) is 125 Å². The lowest BCUT2D eigenvalue weighted by Crippen LogP contribution is -2.35. The third-order valence-electron chi connectivity index (χ3n) is 7.75. The van der Waals surface area contributed by atoms with Gasteiger partial charge in [0.2, 0.25) is 0 Å². The van der Waals surface area contributed by atoms with Gasteiger partial charge in [0.05, 0.1) is 24.4 Å². The average Bonchev–Trinajstić information content (AvgIpc) is 3.09. The summed E-state index contributed by atoms with van der Waals surface area (Å²) in [5.74, 6) is -1.20. The Kier molecular flexibility index (Phi) is 11.4. The van der Waals surface area contributed by atoms with Gasteiger partial charge in [-0.25, -0.2) is 4.79 Å². The molecule has 0 aromatic heterocycles. The average molecular weight is 656 g/mol. The molecular formula is C37H37NO8S. The van der Waals surface area contributed by atoms with Crippen LogP contribution in [0.1, 0.15) is 65.3 Å². The first-order valence-electron chi connectivity index (χ1n) is 15.3. The van der Waals surface area contributed by atoms with E-state index in [9.17, 15) is 24.6 Å². The second-order valence-electron chi connectivity index (χ2n) is 11.3. The molecule has 0 bridgehead atoms. The molecule has 9 nitrogen and oxygen atoms in total. The van der Waals surface area contributed by atoms with E-state index in [1.165, 1.54) is 13.8 Å².